The molecule has 4 heterocycles. The predicted molar refractivity (Wildman–Crippen MR) is 220 cm³/mol. The molecule has 61 heavy (non-hydrogen) atoms. The topological polar surface area (TPSA) is 331 Å². The Kier molecular flexibility index (Phi) is 20.9. The molecule has 4 aromatic rings. The molecular weight excluding hydrogens is 869 g/mol. The molecule has 0 spiro atoms. The van der Waals surface area contributed by atoms with Gasteiger partial charge in [-0.15, -0.1) is 24.8 Å². The van der Waals surface area contributed by atoms with Crippen LogP contribution >= 0.6 is 24.8 Å². The number of rotatable bonds is 19. The lowest BCUT2D eigenvalue weighted by Crippen LogP contribution is -3.00. The van der Waals surface area contributed by atoms with Crippen molar-refractivity contribution < 1.29 is 77.6 Å². The molecule has 0 aliphatic carbocycles. The summed E-state index contributed by atoms with van der Waals surface area (Å²) < 4.78 is 4.05. The number of nitrogens with zero attached hydrogens (tertiary/aromatic N) is 6. The van der Waals surface area contributed by atoms with E-state index in [0.717, 1.165) is 16.9 Å². The van der Waals surface area contributed by atoms with Crippen molar-refractivity contribution in [3.63, 3.8) is 0 Å². The first-order chi connectivity index (χ1) is 27.6. The Morgan fingerprint density at radius 2 is 1.44 bits per heavy atom. The van der Waals surface area contributed by atoms with E-state index in [4.69, 9.17) is 5.73 Å². The zero-order chi connectivity index (χ0) is 42.4. The second-order valence-electron chi connectivity index (χ2n) is 14.5. The molecule has 2 amide bonds. The number of aryl methyl sites for hydroxylation is 2. The van der Waals surface area contributed by atoms with E-state index in [0.29, 0.717) is 42.7 Å². The van der Waals surface area contributed by atoms with Crippen molar-refractivity contribution in [2.75, 3.05) is 45.1 Å². The van der Waals surface area contributed by atoms with Crippen LogP contribution in [-0.2, 0) is 19.6 Å². The first-order valence-corrected chi connectivity index (χ1v) is 19.3. The number of hydrogen-bond donors (Lipinski definition) is 13. The molecule has 0 radical (unpaired) electrons. The fourth-order valence-electron chi connectivity index (χ4n) is 7.53. The highest BCUT2D eigenvalue weighted by Gasteiger charge is 2.38. The van der Waals surface area contributed by atoms with Crippen LogP contribution in [0.3, 0.4) is 0 Å². The molecule has 21 nitrogen and oxygen atoms in total. The third-order valence-corrected chi connectivity index (χ3v) is 10.9. The number of carbonyl (C=O) groups is 2. The number of H-pyrrole nitrogens is 1. The average molecular weight is 927 g/mol. The number of aliphatic hydroxyl groups excluding tert-OH is 10. The predicted octanol–water partition coefficient (Wildman–Crippen LogP) is -6.62. The van der Waals surface area contributed by atoms with Crippen LogP contribution in [0.1, 0.15) is 53.4 Å². The van der Waals surface area contributed by atoms with Gasteiger partial charge in [0, 0.05) is 50.0 Å². The smallest absolute Gasteiger partial charge is 0.277 e. The van der Waals surface area contributed by atoms with Crippen molar-refractivity contribution >= 4 is 64.6 Å². The number of aromatic amines is 1. The Bertz CT molecular complexity index is 1990. The highest BCUT2D eigenvalue weighted by Crippen LogP contribution is 2.24. The molecule has 3 aromatic heterocycles. The number of nitrogen functional groups attached to an aromatic ring is 1. The quantitative estimate of drug-likeness (QED) is 0.0389. The number of halogens is 3. The van der Waals surface area contributed by atoms with Gasteiger partial charge in [0.25, 0.3) is 17.6 Å². The van der Waals surface area contributed by atoms with Crippen LogP contribution in [0.5, 0.6) is 0 Å². The van der Waals surface area contributed by atoms with Gasteiger partial charge in [-0.1, -0.05) is 0 Å². The summed E-state index contributed by atoms with van der Waals surface area (Å²) in [5.74, 6) is 0.0266. The molecule has 24 heteroatoms. The molecule has 5 rings (SSSR count). The Balaban J connectivity index is 0.00000427. The minimum Gasteiger partial charge on any atom is -1.00 e. The maximum absolute atomic E-state index is 13.9. The third-order valence-electron chi connectivity index (χ3n) is 10.9. The minimum absolute atomic E-state index is 0. The molecular formula is C37H58Cl3N9O12. The Morgan fingerprint density at radius 3 is 1.97 bits per heavy atom. The summed E-state index contributed by atoms with van der Waals surface area (Å²) >= 11 is 0. The number of fused-ring (bicyclic) bond motifs is 2. The zero-order valence-corrected chi connectivity index (χ0v) is 36.0. The number of carbonyl (C=O) groups excluding carboxylic acids is 2. The van der Waals surface area contributed by atoms with Gasteiger partial charge in [0.05, 0.1) is 38.5 Å². The number of likely N-dealkylation sites (tertiary alicyclic amines) is 1. The number of benzene rings is 1. The number of aromatic nitrogens is 5. The lowest BCUT2D eigenvalue weighted by molar-refractivity contribution is -0.676. The lowest BCUT2D eigenvalue weighted by atomic mass is 9.97. The normalized spacial score (nSPS) is 17.4. The Labute approximate surface area is 369 Å². The van der Waals surface area contributed by atoms with Crippen LogP contribution in [0.2, 0.25) is 0 Å². The molecule has 1 aliphatic heterocycles. The number of hydrogen-bond acceptors (Lipinski definition) is 16. The van der Waals surface area contributed by atoms with Crippen LogP contribution < -0.4 is 28.0 Å². The second kappa shape index (κ2) is 23.8. The lowest BCUT2D eigenvalue weighted by Gasteiger charge is -2.41. The second-order valence-corrected chi connectivity index (χ2v) is 14.5. The van der Waals surface area contributed by atoms with Gasteiger partial charge < -0.3 is 84.4 Å². The van der Waals surface area contributed by atoms with Crippen LogP contribution in [0.4, 0.5) is 5.82 Å². The van der Waals surface area contributed by atoms with Gasteiger partial charge in [-0.05, 0) is 44.9 Å². The van der Waals surface area contributed by atoms with E-state index in [2.05, 4.69) is 20.3 Å². The highest BCUT2D eigenvalue weighted by molar-refractivity contribution is 5.98. The van der Waals surface area contributed by atoms with E-state index in [1.165, 1.54) is 4.90 Å². The Morgan fingerprint density at radius 1 is 0.885 bits per heavy atom. The largest absolute Gasteiger partial charge is 1.00 e. The van der Waals surface area contributed by atoms with Crippen LogP contribution in [0.15, 0.2) is 30.5 Å². The van der Waals surface area contributed by atoms with Crippen molar-refractivity contribution in [3.05, 3.63) is 47.5 Å². The zero-order valence-electron chi connectivity index (χ0n) is 33.6. The first-order valence-electron chi connectivity index (χ1n) is 19.3. The summed E-state index contributed by atoms with van der Waals surface area (Å²) in [5.41, 5.74) is 9.05. The maximum Gasteiger partial charge on any atom is 0.277 e. The van der Waals surface area contributed by atoms with Crippen LogP contribution in [0, 0.1) is 0 Å². The van der Waals surface area contributed by atoms with E-state index in [1.807, 2.05) is 29.0 Å². The monoisotopic (exact) mass is 925 g/mol. The van der Waals surface area contributed by atoms with E-state index >= 15 is 0 Å². The van der Waals surface area contributed by atoms with Gasteiger partial charge in [0.1, 0.15) is 48.7 Å². The number of nitrogens with two attached hydrogens (primary N) is 1. The number of anilines is 1. The third kappa shape index (κ3) is 11.9. The molecule has 8 atom stereocenters. The molecule has 1 saturated heterocycles. The summed E-state index contributed by atoms with van der Waals surface area (Å²) in [6, 6.07) is 6.61. The summed E-state index contributed by atoms with van der Waals surface area (Å²) in [6.07, 6.45) is -12.3. The minimum atomic E-state index is -1.91. The van der Waals surface area contributed by atoms with Gasteiger partial charge in [-0.25, -0.2) is 19.1 Å². The molecule has 0 unspecified atom stereocenters. The standard InChI is InChI=1S/C37H55N9O12.3ClH/c1-3-45-22-6-5-19(13-23(22)46(4-2)28(45)14-40-36(57)29-34(38)42-35-21(41-29)7-10-39-35)37(58)43-11-8-20(9-12-43)44(15-24(49)30(53)32(55)26(51)17-47)16-25(50)31(54)33(56)27(52)18-48;;;/h5-7,10,13,20,24-27,30-33,47-56H,3-4,8-9,11-12,14-18H2,1-2H3,(H3-,38,39,40,41,42,57);3*1H/t24-,25-,26+,27+,30+,31+,32+,33+;;;/m0.../s1. The van der Waals surface area contributed by atoms with E-state index < -0.39 is 87.1 Å². The summed E-state index contributed by atoms with van der Waals surface area (Å²) in [7, 11) is 0. The van der Waals surface area contributed by atoms with Gasteiger partial charge >= 0.3 is 0 Å². The molecule has 1 aromatic carbocycles. The van der Waals surface area contributed by atoms with Crippen molar-refractivity contribution in [2.45, 2.75) is 101 Å². The van der Waals surface area contributed by atoms with Gasteiger partial charge in [0.2, 0.25) is 0 Å². The molecule has 0 bridgehead atoms. The van der Waals surface area contributed by atoms with E-state index in [1.54, 1.807) is 29.3 Å². The first kappa shape index (κ1) is 53.6. The highest BCUT2D eigenvalue weighted by atomic mass is 35.5. The van der Waals surface area contributed by atoms with Crippen molar-refractivity contribution in [1.82, 2.24) is 34.6 Å². The molecule has 1 fully saturated rings. The van der Waals surface area contributed by atoms with E-state index in [9.17, 15) is 60.7 Å². The van der Waals surface area contributed by atoms with Gasteiger partial charge in [-0.3, -0.25) is 14.5 Å². The van der Waals surface area contributed by atoms with Crippen molar-refractivity contribution in [3.8, 4) is 0 Å². The van der Waals surface area contributed by atoms with Crippen molar-refractivity contribution in [2.24, 2.45) is 0 Å². The fourth-order valence-corrected chi connectivity index (χ4v) is 7.53. The molecule has 0 saturated carbocycles. The summed E-state index contributed by atoms with van der Waals surface area (Å²) in [4.78, 5) is 41.8. The number of amides is 2. The number of piperidine rings is 1. The average Bonchev–Trinajstić information content (AvgIpc) is 3.83. The van der Waals surface area contributed by atoms with Crippen LogP contribution in [-0.4, -0.2) is 186 Å². The number of nitrogens with one attached hydrogen (secondary N) is 2. The Hall–Kier alpha value is -3.52. The van der Waals surface area contributed by atoms with Gasteiger partial charge in [0.15, 0.2) is 28.2 Å². The van der Waals surface area contributed by atoms with E-state index in [-0.39, 0.29) is 74.3 Å². The van der Waals surface area contributed by atoms with Crippen LogP contribution in [0.25, 0.3) is 22.2 Å². The summed E-state index contributed by atoms with van der Waals surface area (Å²) in [6.45, 7) is 3.06. The SMILES string of the molecule is CCn1c(CNC(=O)c2nc3cc[nH]c3nc2N)[n+](CC)c2ccc(C(=O)N3CCC(N(C[C@H](O)[C@@H](O)[C@H](O)[C@H](O)CO)C[C@H](O)[C@@H](O)[C@H](O)[C@H](O)CO)CC3)cc21.Cl.Cl.[Cl-]. The summed E-state index contributed by atoms with van der Waals surface area (Å²) in [5, 5.41) is 104. The number of imidazole rings is 1. The van der Waals surface area contributed by atoms with Gasteiger partial charge in [-0.2, -0.15) is 0 Å². The maximum atomic E-state index is 13.9. The fraction of sp³-hybridized carbons (Fsp3) is 0.595. The van der Waals surface area contributed by atoms with Crippen molar-refractivity contribution in [1.29, 1.82) is 0 Å². The molecule has 344 valence electrons. The molecule has 14 N–H and O–H groups in total. The molecule has 1 aliphatic rings. The number of aliphatic hydroxyl groups is 10.